The van der Waals surface area contributed by atoms with Crippen molar-refractivity contribution < 1.29 is 9.59 Å². The van der Waals surface area contributed by atoms with E-state index in [4.69, 9.17) is 5.73 Å². The maximum Gasteiger partial charge on any atom is 0.255 e. The van der Waals surface area contributed by atoms with Crippen molar-refractivity contribution in [2.24, 2.45) is 11.8 Å². The van der Waals surface area contributed by atoms with Crippen LogP contribution in [-0.4, -0.2) is 29.7 Å². The zero-order chi connectivity index (χ0) is 19.4. The van der Waals surface area contributed by atoms with E-state index in [0.717, 1.165) is 12.0 Å². The molecule has 5 heteroatoms. The molecular formula is C23H29ClN2O2. The fraction of sp³-hybridized carbons (Fsp3) is 0.391. The third-order valence-electron chi connectivity index (χ3n) is 5.23. The molecule has 0 saturated carbocycles. The Morgan fingerprint density at radius 1 is 1.04 bits per heavy atom. The van der Waals surface area contributed by atoms with Crippen LogP contribution in [0.15, 0.2) is 48.5 Å². The molecule has 0 spiro atoms. The van der Waals surface area contributed by atoms with Crippen molar-refractivity contribution in [2.45, 2.75) is 33.1 Å². The van der Waals surface area contributed by atoms with Gasteiger partial charge in [0.25, 0.3) is 5.91 Å². The molecule has 4 nitrogen and oxygen atoms in total. The fourth-order valence-electron chi connectivity index (χ4n) is 3.72. The Hall–Kier alpha value is -2.33. The van der Waals surface area contributed by atoms with Crippen molar-refractivity contribution in [1.29, 1.82) is 0 Å². The number of amides is 1. The highest BCUT2D eigenvalue weighted by Gasteiger charge is 2.28. The Morgan fingerprint density at radius 2 is 1.64 bits per heavy atom. The summed E-state index contributed by atoms with van der Waals surface area (Å²) >= 11 is 0. The topological polar surface area (TPSA) is 63.4 Å². The van der Waals surface area contributed by atoms with Gasteiger partial charge in [0.2, 0.25) is 0 Å². The van der Waals surface area contributed by atoms with Crippen molar-refractivity contribution >= 4 is 29.8 Å². The summed E-state index contributed by atoms with van der Waals surface area (Å²) in [6.45, 7) is 5.57. The highest BCUT2D eigenvalue weighted by molar-refractivity contribution is 6.00. The van der Waals surface area contributed by atoms with Crippen LogP contribution < -0.4 is 5.73 Å². The van der Waals surface area contributed by atoms with Crippen LogP contribution in [0.2, 0.25) is 0 Å². The fourth-order valence-corrected chi connectivity index (χ4v) is 3.72. The summed E-state index contributed by atoms with van der Waals surface area (Å²) in [6, 6.07) is 15.2. The molecule has 1 heterocycles. The monoisotopic (exact) mass is 400 g/mol. The molecule has 1 amide bonds. The maximum atomic E-state index is 12.8. The number of halogens is 1. The van der Waals surface area contributed by atoms with E-state index in [-0.39, 0.29) is 30.0 Å². The number of nitrogens with zero attached hydrogens (tertiary/aromatic N) is 1. The zero-order valence-corrected chi connectivity index (χ0v) is 17.4. The minimum Gasteiger partial charge on any atom is -0.398 e. The lowest BCUT2D eigenvalue weighted by molar-refractivity contribution is 0.0651. The van der Waals surface area contributed by atoms with Gasteiger partial charge < -0.3 is 10.6 Å². The second-order valence-corrected chi connectivity index (χ2v) is 7.81. The lowest BCUT2D eigenvalue weighted by Gasteiger charge is -2.31. The molecule has 0 aromatic heterocycles. The number of rotatable bonds is 5. The molecule has 0 aliphatic carbocycles. The number of hydrogen-bond donors (Lipinski definition) is 1. The van der Waals surface area contributed by atoms with Crippen molar-refractivity contribution in [3.8, 4) is 0 Å². The predicted octanol–water partition coefficient (Wildman–Crippen LogP) is 4.62. The van der Waals surface area contributed by atoms with Gasteiger partial charge in [-0.1, -0.05) is 50.2 Å². The standard InChI is InChI=1S/C23H28N2O2.ClH/c1-16(2)15-17-7-9-18(10-8-17)22(26)19-11-13-25(14-12-19)23(27)20-5-3-4-6-21(20)24;/h3-10,16,19H,11-15,24H2,1-2H3;1H. The largest absolute Gasteiger partial charge is 0.398 e. The van der Waals surface area contributed by atoms with Crippen LogP contribution in [0.3, 0.4) is 0 Å². The van der Waals surface area contributed by atoms with E-state index >= 15 is 0 Å². The Bertz CT molecular complexity index is 810. The summed E-state index contributed by atoms with van der Waals surface area (Å²) in [5.41, 5.74) is 9.01. The van der Waals surface area contributed by atoms with E-state index < -0.39 is 0 Å². The summed E-state index contributed by atoms with van der Waals surface area (Å²) in [5.74, 6) is 0.736. The summed E-state index contributed by atoms with van der Waals surface area (Å²) in [5, 5.41) is 0. The molecule has 28 heavy (non-hydrogen) atoms. The summed E-state index contributed by atoms with van der Waals surface area (Å²) < 4.78 is 0. The average Bonchev–Trinajstić information content (AvgIpc) is 2.67. The third-order valence-corrected chi connectivity index (χ3v) is 5.23. The highest BCUT2D eigenvalue weighted by atomic mass is 35.5. The van der Waals surface area contributed by atoms with E-state index in [0.29, 0.717) is 43.1 Å². The van der Waals surface area contributed by atoms with E-state index in [1.165, 1.54) is 5.56 Å². The van der Waals surface area contributed by atoms with Crippen LogP contribution in [0.5, 0.6) is 0 Å². The third kappa shape index (κ3) is 5.14. The average molecular weight is 401 g/mol. The second kappa shape index (κ2) is 9.74. The van der Waals surface area contributed by atoms with Crippen molar-refractivity contribution in [2.75, 3.05) is 18.8 Å². The summed E-state index contributed by atoms with van der Waals surface area (Å²) in [7, 11) is 0. The number of Topliss-reactive ketones (excluding diaryl/α,β-unsaturated/α-hetero) is 1. The van der Waals surface area contributed by atoms with Crippen molar-refractivity contribution in [3.05, 3.63) is 65.2 Å². The first-order valence-corrected chi connectivity index (χ1v) is 9.72. The van der Waals surface area contributed by atoms with E-state index in [2.05, 4.69) is 26.0 Å². The predicted molar refractivity (Wildman–Crippen MR) is 116 cm³/mol. The SMILES string of the molecule is CC(C)Cc1ccc(C(=O)C2CCN(C(=O)c3ccccc3N)CC2)cc1.Cl. The van der Waals surface area contributed by atoms with Gasteiger partial charge in [-0.3, -0.25) is 9.59 Å². The van der Waals surface area contributed by atoms with Gasteiger partial charge in [-0.05, 0) is 42.9 Å². The number of likely N-dealkylation sites (tertiary alicyclic amines) is 1. The number of nitrogens with two attached hydrogens (primary N) is 1. The first kappa shape index (κ1) is 22.0. The van der Waals surface area contributed by atoms with Gasteiger partial charge in [-0.15, -0.1) is 12.4 Å². The van der Waals surface area contributed by atoms with Crippen LogP contribution in [-0.2, 0) is 6.42 Å². The first-order chi connectivity index (χ1) is 13.0. The first-order valence-electron chi connectivity index (χ1n) is 9.72. The van der Waals surface area contributed by atoms with Gasteiger partial charge in [0, 0.05) is 30.3 Å². The molecule has 0 radical (unpaired) electrons. The lowest BCUT2D eigenvalue weighted by Crippen LogP contribution is -2.40. The van der Waals surface area contributed by atoms with Crippen molar-refractivity contribution in [1.82, 2.24) is 4.90 Å². The molecule has 150 valence electrons. The number of para-hydroxylation sites is 1. The molecule has 1 aliphatic rings. The lowest BCUT2D eigenvalue weighted by atomic mass is 9.88. The molecule has 1 saturated heterocycles. The van der Waals surface area contributed by atoms with Crippen LogP contribution in [0, 0.1) is 11.8 Å². The van der Waals surface area contributed by atoms with Crippen LogP contribution in [0.4, 0.5) is 5.69 Å². The van der Waals surface area contributed by atoms with Crippen LogP contribution >= 0.6 is 12.4 Å². The van der Waals surface area contributed by atoms with E-state index in [1.54, 1.807) is 17.0 Å². The Labute approximate surface area is 173 Å². The van der Waals surface area contributed by atoms with Gasteiger partial charge in [-0.25, -0.2) is 0 Å². The second-order valence-electron chi connectivity index (χ2n) is 7.81. The minimum absolute atomic E-state index is 0. The molecule has 2 N–H and O–H groups in total. The molecular weight excluding hydrogens is 372 g/mol. The molecule has 0 bridgehead atoms. The molecule has 1 aliphatic heterocycles. The van der Waals surface area contributed by atoms with E-state index in [1.807, 2.05) is 24.3 Å². The number of carbonyl (C=O) groups is 2. The summed E-state index contributed by atoms with van der Waals surface area (Å²) in [4.78, 5) is 27.3. The normalized spacial score (nSPS) is 14.6. The van der Waals surface area contributed by atoms with Gasteiger partial charge >= 0.3 is 0 Å². The van der Waals surface area contributed by atoms with Gasteiger partial charge in [0.05, 0.1) is 5.56 Å². The minimum atomic E-state index is -0.0444. The van der Waals surface area contributed by atoms with Gasteiger partial charge in [0.1, 0.15) is 0 Å². The number of anilines is 1. The molecule has 0 atom stereocenters. The smallest absolute Gasteiger partial charge is 0.255 e. The number of ketones is 1. The summed E-state index contributed by atoms with van der Waals surface area (Å²) in [6.07, 6.45) is 2.42. The van der Waals surface area contributed by atoms with Crippen LogP contribution in [0.1, 0.15) is 53.0 Å². The van der Waals surface area contributed by atoms with Crippen LogP contribution in [0.25, 0.3) is 0 Å². The van der Waals surface area contributed by atoms with E-state index in [9.17, 15) is 9.59 Å². The maximum absolute atomic E-state index is 12.8. The number of carbonyl (C=O) groups excluding carboxylic acids is 2. The molecule has 0 unspecified atom stereocenters. The molecule has 3 rings (SSSR count). The van der Waals surface area contributed by atoms with Gasteiger partial charge in [0.15, 0.2) is 5.78 Å². The number of hydrogen-bond acceptors (Lipinski definition) is 3. The number of piperidine rings is 1. The molecule has 1 fully saturated rings. The Kier molecular flexibility index (Phi) is 7.64. The Balaban J connectivity index is 0.00000280. The quantitative estimate of drug-likeness (QED) is 0.588. The van der Waals surface area contributed by atoms with Gasteiger partial charge in [-0.2, -0.15) is 0 Å². The number of nitrogen functional groups attached to an aromatic ring is 1. The molecule has 2 aromatic carbocycles. The van der Waals surface area contributed by atoms with Crippen molar-refractivity contribution in [3.63, 3.8) is 0 Å². The zero-order valence-electron chi connectivity index (χ0n) is 16.6. The number of benzene rings is 2. The Morgan fingerprint density at radius 3 is 2.21 bits per heavy atom. The highest BCUT2D eigenvalue weighted by Crippen LogP contribution is 2.24. The molecule has 2 aromatic rings.